The Morgan fingerprint density at radius 2 is 1.53 bits per heavy atom. The maximum atomic E-state index is 13.0. The lowest BCUT2D eigenvalue weighted by molar-refractivity contribution is 0.171. The van der Waals surface area contributed by atoms with Crippen LogP contribution in [0.15, 0.2) is 40.1 Å². The van der Waals surface area contributed by atoms with Gasteiger partial charge in [-0.2, -0.15) is 4.31 Å². The minimum absolute atomic E-state index is 0.000746. The molecule has 164 valence electrons. The van der Waals surface area contributed by atoms with Crippen LogP contribution in [-0.2, 0) is 20.0 Å². The number of nitrogens with one attached hydrogen (secondary N) is 1. The van der Waals surface area contributed by atoms with Gasteiger partial charge in [-0.25, -0.2) is 16.8 Å². The molecule has 0 aromatic heterocycles. The highest BCUT2D eigenvalue weighted by molar-refractivity contribution is 7.92. The molecule has 0 fully saturated rings. The van der Waals surface area contributed by atoms with Crippen LogP contribution in [-0.4, -0.2) is 47.4 Å². The molecule has 0 atom stereocenters. The molecule has 0 unspecified atom stereocenters. The fraction of sp³-hybridized carbons (Fsp3) is 0.400. The first-order valence-electron chi connectivity index (χ1n) is 9.64. The van der Waals surface area contributed by atoms with E-state index < -0.39 is 20.0 Å². The monoisotopic (exact) mass is 454 g/mol. The third kappa shape index (κ3) is 4.26. The molecule has 0 saturated heterocycles. The molecule has 0 saturated carbocycles. The second kappa shape index (κ2) is 8.44. The summed E-state index contributed by atoms with van der Waals surface area (Å²) in [5.41, 5.74) is 1.54. The molecule has 0 bridgehead atoms. The molecule has 8 nitrogen and oxygen atoms in total. The number of hydrogen-bond acceptors (Lipinski definition) is 6. The number of rotatable bonds is 7. The first-order valence-corrected chi connectivity index (χ1v) is 12.6. The molecular formula is C20H26N2O6S2. The van der Waals surface area contributed by atoms with E-state index in [4.69, 9.17) is 9.47 Å². The van der Waals surface area contributed by atoms with Crippen LogP contribution in [0, 0.1) is 13.8 Å². The van der Waals surface area contributed by atoms with Gasteiger partial charge in [0.15, 0.2) is 11.5 Å². The van der Waals surface area contributed by atoms with Gasteiger partial charge < -0.3 is 9.47 Å². The third-order valence-electron chi connectivity index (χ3n) is 5.05. The van der Waals surface area contributed by atoms with E-state index in [2.05, 4.69) is 4.72 Å². The molecule has 2 aromatic carbocycles. The lowest BCUT2D eigenvalue weighted by Crippen LogP contribution is -2.30. The van der Waals surface area contributed by atoms with Crippen molar-refractivity contribution in [3.63, 3.8) is 0 Å². The van der Waals surface area contributed by atoms with E-state index in [9.17, 15) is 16.8 Å². The Balaban J connectivity index is 2.01. The maximum Gasteiger partial charge on any atom is 0.262 e. The summed E-state index contributed by atoms with van der Waals surface area (Å²) in [5, 5.41) is 0. The lowest BCUT2D eigenvalue weighted by Gasteiger charge is -2.21. The summed E-state index contributed by atoms with van der Waals surface area (Å²) in [7, 11) is -7.71. The third-order valence-corrected chi connectivity index (χ3v) is 8.44. The van der Waals surface area contributed by atoms with Crippen LogP contribution in [0.5, 0.6) is 11.5 Å². The van der Waals surface area contributed by atoms with E-state index in [0.717, 1.165) is 0 Å². The van der Waals surface area contributed by atoms with Gasteiger partial charge >= 0.3 is 0 Å². The van der Waals surface area contributed by atoms with Crippen molar-refractivity contribution >= 4 is 25.7 Å². The van der Waals surface area contributed by atoms with Gasteiger partial charge in [-0.1, -0.05) is 13.8 Å². The van der Waals surface area contributed by atoms with Crippen molar-refractivity contribution < 1.29 is 26.3 Å². The summed E-state index contributed by atoms with van der Waals surface area (Å²) < 4.78 is 66.6. The van der Waals surface area contributed by atoms with E-state index in [0.29, 0.717) is 48.9 Å². The lowest BCUT2D eigenvalue weighted by atomic mass is 10.1. The molecular weight excluding hydrogens is 428 g/mol. The van der Waals surface area contributed by atoms with Crippen LogP contribution < -0.4 is 14.2 Å². The van der Waals surface area contributed by atoms with E-state index in [1.54, 1.807) is 39.8 Å². The molecule has 3 rings (SSSR count). The fourth-order valence-electron chi connectivity index (χ4n) is 3.19. The topological polar surface area (TPSA) is 102 Å². The van der Waals surface area contributed by atoms with E-state index in [1.165, 1.54) is 22.5 Å². The van der Waals surface area contributed by atoms with Crippen LogP contribution in [0.25, 0.3) is 0 Å². The van der Waals surface area contributed by atoms with Gasteiger partial charge in [0.2, 0.25) is 10.0 Å². The summed E-state index contributed by atoms with van der Waals surface area (Å²) in [6.07, 6.45) is 0. The highest BCUT2D eigenvalue weighted by Gasteiger charge is 2.25. The second-order valence-corrected chi connectivity index (χ2v) is 10.5. The van der Waals surface area contributed by atoms with Gasteiger partial charge in [0.05, 0.1) is 15.5 Å². The maximum absolute atomic E-state index is 13.0. The molecule has 10 heteroatoms. The van der Waals surface area contributed by atoms with Gasteiger partial charge in [0.1, 0.15) is 13.2 Å². The van der Waals surface area contributed by atoms with Crippen molar-refractivity contribution in [1.82, 2.24) is 4.31 Å². The average Bonchev–Trinajstić information content (AvgIpc) is 2.71. The molecule has 1 aliphatic rings. The smallest absolute Gasteiger partial charge is 0.262 e. The van der Waals surface area contributed by atoms with Gasteiger partial charge in [-0.15, -0.1) is 0 Å². The molecule has 30 heavy (non-hydrogen) atoms. The van der Waals surface area contributed by atoms with Gasteiger partial charge in [0, 0.05) is 19.2 Å². The summed E-state index contributed by atoms with van der Waals surface area (Å²) in [5.74, 6) is 0.842. The van der Waals surface area contributed by atoms with Gasteiger partial charge in [-0.05, 0) is 49.2 Å². The summed E-state index contributed by atoms with van der Waals surface area (Å²) in [6, 6.07) is 7.29. The number of fused-ring (bicyclic) bond motifs is 1. The predicted molar refractivity (Wildman–Crippen MR) is 114 cm³/mol. The number of benzene rings is 2. The summed E-state index contributed by atoms with van der Waals surface area (Å²) >= 11 is 0. The van der Waals surface area contributed by atoms with Gasteiger partial charge in [-0.3, -0.25) is 4.72 Å². The van der Waals surface area contributed by atoms with Crippen LogP contribution >= 0.6 is 0 Å². The van der Waals surface area contributed by atoms with E-state index in [1.807, 2.05) is 0 Å². The molecule has 0 radical (unpaired) electrons. The van der Waals surface area contributed by atoms with Crippen molar-refractivity contribution in [2.75, 3.05) is 31.0 Å². The van der Waals surface area contributed by atoms with Crippen LogP contribution in [0.4, 0.5) is 5.69 Å². The summed E-state index contributed by atoms with van der Waals surface area (Å²) in [6.45, 7) is 8.40. The standard InChI is InChI=1S/C20H26N2O6S2/c1-5-22(6-2)30(25,26)17-11-14(3)15(4)18(12-17)21-29(23,24)16-7-8-19-20(13-16)28-10-9-27-19/h7-8,11-13,21H,5-6,9-10H2,1-4H3. The quantitative estimate of drug-likeness (QED) is 0.690. The molecule has 1 N–H and O–H groups in total. The van der Waals surface area contributed by atoms with Crippen LogP contribution in [0.1, 0.15) is 25.0 Å². The van der Waals surface area contributed by atoms with Crippen molar-refractivity contribution in [2.45, 2.75) is 37.5 Å². The van der Waals surface area contributed by atoms with E-state index in [-0.39, 0.29) is 15.5 Å². The Morgan fingerprint density at radius 1 is 0.900 bits per heavy atom. The Labute approximate surface area is 177 Å². The number of nitrogens with zero attached hydrogens (tertiary/aromatic N) is 1. The molecule has 1 heterocycles. The minimum atomic E-state index is -3.97. The van der Waals surface area contributed by atoms with E-state index >= 15 is 0 Å². The molecule has 1 aliphatic heterocycles. The zero-order valence-electron chi connectivity index (χ0n) is 17.4. The Kier molecular flexibility index (Phi) is 6.30. The highest BCUT2D eigenvalue weighted by atomic mass is 32.2. The number of sulfonamides is 2. The zero-order valence-corrected chi connectivity index (χ0v) is 19.1. The first-order chi connectivity index (χ1) is 14.1. The fourth-order valence-corrected chi connectivity index (χ4v) is 5.89. The largest absolute Gasteiger partial charge is 0.486 e. The number of anilines is 1. The number of hydrogen-bond donors (Lipinski definition) is 1. The molecule has 0 spiro atoms. The van der Waals surface area contributed by atoms with Crippen molar-refractivity contribution in [2.24, 2.45) is 0 Å². The molecule has 0 aliphatic carbocycles. The predicted octanol–water partition coefficient (Wildman–Crippen LogP) is 2.91. The highest BCUT2D eigenvalue weighted by Crippen LogP contribution is 2.34. The first kappa shape index (κ1) is 22.4. The summed E-state index contributed by atoms with van der Waals surface area (Å²) in [4.78, 5) is 0.0509. The van der Waals surface area contributed by atoms with Crippen molar-refractivity contribution in [3.8, 4) is 11.5 Å². The SMILES string of the molecule is CCN(CC)S(=O)(=O)c1cc(C)c(C)c(NS(=O)(=O)c2ccc3c(c2)OCCO3)c1. The van der Waals surface area contributed by atoms with Gasteiger partial charge in [0.25, 0.3) is 10.0 Å². The average molecular weight is 455 g/mol. The van der Waals surface area contributed by atoms with Crippen molar-refractivity contribution in [3.05, 3.63) is 41.5 Å². The Bertz CT molecular complexity index is 1160. The number of ether oxygens (including phenoxy) is 2. The zero-order chi connectivity index (χ0) is 22.1. The van der Waals surface area contributed by atoms with Crippen molar-refractivity contribution in [1.29, 1.82) is 0 Å². The molecule has 2 aromatic rings. The molecule has 0 amide bonds. The second-order valence-electron chi connectivity index (χ2n) is 6.91. The Hall–Kier alpha value is -2.30. The minimum Gasteiger partial charge on any atom is -0.486 e. The van der Waals surface area contributed by atoms with Crippen LogP contribution in [0.3, 0.4) is 0 Å². The van der Waals surface area contributed by atoms with Crippen LogP contribution in [0.2, 0.25) is 0 Å². The number of aryl methyl sites for hydroxylation is 1. The Morgan fingerprint density at radius 3 is 2.17 bits per heavy atom. The normalized spacial score (nSPS) is 14.0.